The molecule has 0 radical (unpaired) electrons. The maximum absolute atomic E-state index is 11.7. The summed E-state index contributed by atoms with van der Waals surface area (Å²) in [5, 5.41) is 13.1. The quantitative estimate of drug-likeness (QED) is 0.838. The maximum Gasteiger partial charge on any atom is 0.250 e. The van der Waals surface area contributed by atoms with E-state index in [1.165, 1.54) is 6.07 Å². The first kappa shape index (κ1) is 15.6. The standard InChI is InChI=1S/C15H17BrN2O3/c1-21-8-7-18-10-12(5-6-14(18)19)17-9-11-3-2-4-13(16)15(11)20/h2-6,10,17,20H,7-9H2,1H3. The van der Waals surface area contributed by atoms with Gasteiger partial charge in [0.2, 0.25) is 0 Å². The van der Waals surface area contributed by atoms with E-state index >= 15 is 0 Å². The second kappa shape index (κ2) is 7.28. The van der Waals surface area contributed by atoms with Gasteiger partial charge in [-0.1, -0.05) is 12.1 Å². The van der Waals surface area contributed by atoms with Crippen LogP contribution in [-0.4, -0.2) is 23.4 Å². The number of benzene rings is 1. The SMILES string of the molecule is COCCn1cc(NCc2cccc(Br)c2O)ccc1=O. The van der Waals surface area contributed by atoms with Gasteiger partial charge in [0, 0.05) is 38.0 Å². The third kappa shape index (κ3) is 4.09. The number of phenolic OH excluding ortho intramolecular Hbond substituents is 1. The molecule has 1 heterocycles. The molecule has 1 aromatic carbocycles. The van der Waals surface area contributed by atoms with Crippen molar-refractivity contribution in [1.29, 1.82) is 0 Å². The number of aromatic nitrogens is 1. The second-order valence-corrected chi connectivity index (χ2v) is 5.40. The zero-order valence-corrected chi connectivity index (χ0v) is 13.3. The summed E-state index contributed by atoms with van der Waals surface area (Å²) in [5.41, 5.74) is 1.52. The van der Waals surface area contributed by atoms with E-state index in [4.69, 9.17) is 4.74 Å². The molecule has 2 aromatic rings. The lowest BCUT2D eigenvalue weighted by molar-refractivity contribution is 0.186. The summed E-state index contributed by atoms with van der Waals surface area (Å²) in [6, 6.07) is 8.72. The molecular formula is C15H17BrN2O3. The van der Waals surface area contributed by atoms with Crippen molar-refractivity contribution < 1.29 is 9.84 Å². The number of hydrogen-bond acceptors (Lipinski definition) is 4. The number of aromatic hydroxyl groups is 1. The van der Waals surface area contributed by atoms with Gasteiger partial charge < -0.3 is 19.7 Å². The van der Waals surface area contributed by atoms with Crippen molar-refractivity contribution in [1.82, 2.24) is 4.57 Å². The van der Waals surface area contributed by atoms with Crippen LogP contribution in [0.3, 0.4) is 0 Å². The number of para-hydroxylation sites is 1. The highest BCUT2D eigenvalue weighted by atomic mass is 79.9. The summed E-state index contributed by atoms with van der Waals surface area (Å²) >= 11 is 3.28. The van der Waals surface area contributed by atoms with Gasteiger partial charge >= 0.3 is 0 Å². The Morgan fingerprint density at radius 3 is 2.90 bits per heavy atom. The number of pyridine rings is 1. The van der Waals surface area contributed by atoms with Crippen molar-refractivity contribution in [3.63, 3.8) is 0 Å². The van der Waals surface area contributed by atoms with Crippen molar-refractivity contribution in [3.05, 3.63) is 56.9 Å². The zero-order valence-electron chi connectivity index (χ0n) is 11.7. The van der Waals surface area contributed by atoms with Gasteiger partial charge in [-0.25, -0.2) is 0 Å². The highest BCUT2D eigenvalue weighted by molar-refractivity contribution is 9.10. The van der Waals surface area contributed by atoms with Gasteiger partial charge in [-0.15, -0.1) is 0 Å². The number of rotatable bonds is 6. The minimum atomic E-state index is -0.0668. The predicted molar refractivity (Wildman–Crippen MR) is 85.7 cm³/mol. The van der Waals surface area contributed by atoms with Crippen molar-refractivity contribution in [2.75, 3.05) is 19.0 Å². The van der Waals surface area contributed by atoms with Gasteiger partial charge in [-0.05, 0) is 28.1 Å². The van der Waals surface area contributed by atoms with Gasteiger partial charge in [-0.3, -0.25) is 4.79 Å². The lowest BCUT2D eigenvalue weighted by atomic mass is 10.2. The molecule has 2 N–H and O–H groups in total. The smallest absolute Gasteiger partial charge is 0.250 e. The molecule has 112 valence electrons. The molecule has 2 rings (SSSR count). The van der Waals surface area contributed by atoms with Crippen LogP contribution >= 0.6 is 15.9 Å². The van der Waals surface area contributed by atoms with Gasteiger partial charge in [0.05, 0.1) is 16.8 Å². The molecular weight excluding hydrogens is 336 g/mol. The van der Waals surface area contributed by atoms with E-state index in [-0.39, 0.29) is 11.3 Å². The molecule has 0 atom stereocenters. The predicted octanol–water partition coefficient (Wildman–Crippen LogP) is 2.57. The van der Waals surface area contributed by atoms with E-state index in [1.807, 2.05) is 12.1 Å². The van der Waals surface area contributed by atoms with Crippen molar-refractivity contribution in [2.45, 2.75) is 13.1 Å². The first-order chi connectivity index (χ1) is 10.1. The number of halogens is 1. The van der Waals surface area contributed by atoms with Gasteiger partial charge in [-0.2, -0.15) is 0 Å². The first-order valence-electron chi connectivity index (χ1n) is 6.51. The third-order valence-corrected chi connectivity index (χ3v) is 3.71. The zero-order chi connectivity index (χ0) is 15.2. The van der Waals surface area contributed by atoms with E-state index in [0.717, 1.165) is 11.3 Å². The Morgan fingerprint density at radius 2 is 2.14 bits per heavy atom. The number of nitrogens with one attached hydrogen (secondary N) is 1. The Balaban J connectivity index is 2.09. The van der Waals surface area contributed by atoms with Crippen molar-refractivity contribution >= 4 is 21.6 Å². The summed E-state index contributed by atoms with van der Waals surface area (Å²) in [5.74, 6) is 0.220. The van der Waals surface area contributed by atoms with Crippen LogP contribution in [0.5, 0.6) is 5.75 Å². The molecule has 0 aliphatic heterocycles. The van der Waals surface area contributed by atoms with E-state index in [2.05, 4.69) is 21.2 Å². The third-order valence-electron chi connectivity index (χ3n) is 3.07. The summed E-state index contributed by atoms with van der Waals surface area (Å²) < 4.78 is 7.23. The van der Waals surface area contributed by atoms with Crippen LogP contribution in [-0.2, 0) is 17.8 Å². The average molecular weight is 353 g/mol. The van der Waals surface area contributed by atoms with Crippen LogP contribution < -0.4 is 10.9 Å². The molecule has 0 spiro atoms. The Kier molecular flexibility index (Phi) is 5.41. The van der Waals surface area contributed by atoms with Crippen molar-refractivity contribution in [3.8, 4) is 5.75 Å². The fraction of sp³-hybridized carbons (Fsp3) is 0.267. The van der Waals surface area contributed by atoms with Crippen LogP contribution in [0.4, 0.5) is 5.69 Å². The molecule has 6 heteroatoms. The summed E-state index contributed by atoms with van der Waals surface area (Å²) in [6.07, 6.45) is 1.75. The monoisotopic (exact) mass is 352 g/mol. The average Bonchev–Trinajstić information content (AvgIpc) is 2.49. The first-order valence-corrected chi connectivity index (χ1v) is 7.31. The van der Waals surface area contributed by atoms with Crippen molar-refractivity contribution in [2.24, 2.45) is 0 Å². The fourth-order valence-corrected chi connectivity index (χ4v) is 2.31. The number of nitrogens with zero attached hydrogens (tertiary/aromatic N) is 1. The highest BCUT2D eigenvalue weighted by Gasteiger charge is 2.05. The van der Waals surface area contributed by atoms with Gasteiger partial charge in [0.25, 0.3) is 5.56 Å². The van der Waals surface area contributed by atoms with E-state index in [0.29, 0.717) is 24.2 Å². The number of methoxy groups -OCH3 is 1. The number of ether oxygens (including phenoxy) is 1. The minimum absolute atomic E-state index is 0.0668. The molecule has 0 aliphatic rings. The molecule has 1 aromatic heterocycles. The molecule has 0 saturated carbocycles. The molecule has 0 aliphatic carbocycles. The molecule has 0 fully saturated rings. The van der Waals surface area contributed by atoms with Crippen LogP contribution in [0.15, 0.2) is 45.8 Å². The number of anilines is 1. The Bertz CT molecular complexity index is 670. The molecule has 21 heavy (non-hydrogen) atoms. The lowest BCUT2D eigenvalue weighted by Crippen LogP contribution is -2.21. The highest BCUT2D eigenvalue weighted by Crippen LogP contribution is 2.27. The van der Waals surface area contributed by atoms with Crippen LogP contribution in [0.25, 0.3) is 0 Å². The summed E-state index contributed by atoms with van der Waals surface area (Å²) in [6.45, 7) is 1.45. The van der Waals surface area contributed by atoms with E-state index in [9.17, 15) is 9.90 Å². The van der Waals surface area contributed by atoms with Crippen LogP contribution in [0, 0.1) is 0 Å². The molecule has 5 nitrogen and oxygen atoms in total. The van der Waals surface area contributed by atoms with E-state index in [1.54, 1.807) is 30.0 Å². The molecule has 0 amide bonds. The van der Waals surface area contributed by atoms with Crippen LogP contribution in [0.2, 0.25) is 0 Å². The Morgan fingerprint density at radius 1 is 1.33 bits per heavy atom. The molecule has 0 bridgehead atoms. The molecule has 0 unspecified atom stereocenters. The minimum Gasteiger partial charge on any atom is -0.506 e. The topological polar surface area (TPSA) is 63.5 Å². The van der Waals surface area contributed by atoms with Crippen LogP contribution in [0.1, 0.15) is 5.56 Å². The molecule has 0 saturated heterocycles. The van der Waals surface area contributed by atoms with Gasteiger partial charge in [0.15, 0.2) is 0 Å². The lowest BCUT2D eigenvalue weighted by Gasteiger charge is -2.11. The Hall–Kier alpha value is -1.79. The number of phenols is 1. The maximum atomic E-state index is 11.7. The number of hydrogen-bond donors (Lipinski definition) is 2. The largest absolute Gasteiger partial charge is 0.506 e. The fourth-order valence-electron chi connectivity index (χ4n) is 1.90. The summed E-state index contributed by atoms with van der Waals surface area (Å²) in [7, 11) is 1.60. The Labute approximate surface area is 131 Å². The second-order valence-electron chi connectivity index (χ2n) is 4.54. The normalized spacial score (nSPS) is 10.6. The van der Waals surface area contributed by atoms with Gasteiger partial charge in [0.1, 0.15) is 5.75 Å². The van der Waals surface area contributed by atoms with E-state index < -0.39 is 0 Å². The summed E-state index contributed by atoms with van der Waals surface area (Å²) in [4.78, 5) is 11.7.